The SMILES string of the molecule is COc1ccc(C)cc1/C(O)=C1\C(=O)C(=O)N(c2ccccc2C)C1c1ccccn1. The highest BCUT2D eigenvalue weighted by Gasteiger charge is 2.48. The molecule has 0 bridgehead atoms. The van der Waals surface area contributed by atoms with Gasteiger partial charge in [0.25, 0.3) is 11.7 Å². The second kappa shape index (κ2) is 8.07. The van der Waals surface area contributed by atoms with Gasteiger partial charge in [-0.3, -0.25) is 19.5 Å². The van der Waals surface area contributed by atoms with Crippen molar-refractivity contribution in [2.75, 3.05) is 12.0 Å². The number of hydrogen-bond acceptors (Lipinski definition) is 5. The Labute approximate surface area is 180 Å². The summed E-state index contributed by atoms with van der Waals surface area (Å²) in [6.07, 6.45) is 1.60. The molecule has 1 saturated heterocycles. The molecule has 1 amide bonds. The van der Waals surface area contributed by atoms with E-state index in [0.29, 0.717) is 22.7 Å². The van der Waals surface area contributed by atoms with Gasteiger partial charge in [-0.2, -0.15) is 0 Å². The Bertz CT molecular complexity index is 1200. The second-order valence-corrected chi connectivity index (χ2v) is 7.41. The third-order valence-corrected chi connectivity index (χ3v) is 5.40. The molecule has 0 aliphatic carbocycles. The molecule has 6 nitrogen and oxygen atoms in total. The van der Waals surface area contributed by atoms with Crippen molar-refractivity contribution in [3.63, 3.8) is 0 Å². The quantitative estimate of drug-likeness (QED) is 0.390. The van der Waals surface area contributed by atoms with Crippen LogP contribution in [0.1, 0.15) is 28.4 Å². The summed E-state index contributed by atoms with van der Waals surface area (Å²) >= 11 is 0. The van der Waals surface area contributed by atoms with Gasteiger partial charge in [-0.25, -0.2) is 0 Å². The fourth-order valence-electron chi connectivity index (χ4n) is 3.88. The highest BCUT2D eigenvalue weighted by Crippen LogP contribution is 2.43. The lowest BCUT2D eigenvalue weighted by Crippen LogP contribution is -2.30. The van der Waals surface area contributed by atoms with Gasteiger partial charge in [0.1, 0.15) is 17.6 Å². The molecule has 2 heterocycles. The molecule has 31 heavy (non-hydrogen) atoms. The Hall–Kier alpha value is -3.93. The minimum Gasteiger partial charge on any atom is -0.507 e. The van der Waals surface area contributed by atoms with E-state index in [2.05, 4.69) is 4.98 Å². The first-order valence-electron chi connectivity index (χ1n) is 9.86. The Morgan fingerprint density at radius 3 is 2.45 bits per heavy atom. The normalized spacial score (nSPS) is 17.8. The molecule has 0 saturated carbocycles. The first-order valence-corrected chi connectivity index (χ1v) is 9.86. The minimum atomic E-state index is -0.868. The van der Waals surface area contributed by atoms with E-state index in [4.69, 9.17) is 4.74 Å². The van der Waals surface area contributed by atoms with E-state index in [1.165, 1.54) is 12.0 Å². The lowest BCUT2D eigenvalue weighted by Gasteiger charge is -2.26. The highest BCUT2D eigenvalue weighted by molar-refractivity contribution is 6.51. The molecule has 0 radical (unpaired) electrons. The largest absolute Gasteiger partial charge is 0.507 e. The number of aromatic nitrogens is 1. The Morgan fingerprint density at radius 2 is 1.77 bits per heavy atom. The number of pyridine rings is 1. The highest BCUT2D eigenvalue weighted by atomic mass is 16.5. The number of para-hydroxylation sites is 1. The van der Waals surface area contributed by atoms with Crippen molar-refractivity contribution < 1.29 is 19.4 Å². The van der Waals surface area contributed by atoms with Crippen LogP contribution in [0.3, 0.4) is 0 Å². The number of aryl methyl sites for hydroxylation is 2. The Kier molecular flexibility index (Phi) is 5.29. The molecule has 2 aromatic carbocycles. The smallest absolute Gasteiger partial charge is 0.300 e. The summed E-state index contributed by atoms with van der Waals surface area (Å²) in [5, 5.41) is 11.3. The third kappa shape index (κ3) is 3.46. The number of Topliss-reactive ketones (excluding diaryl/α,β-unsaturated/α-hetero) is 1. The van der Waals surface area contributed by atoms with Crippen LogP contribution < -0.4 is 9.64 Å². The number of ketones is 1. The van der Waals surface area contributed by atoms with Gasteiger partial charge in [0, 0.05) is 11.9 Å². The summed E-state index contributed by atoms with van der Waals surface area (Å²) in [5.41, 5.74) is 3.12. The lowest BCUT2D eigenvalue weighted by atomic mass is 9.96. The van der Waals surface area contributed by atoms with Gasteiger partial charge in [-0.05, 0) is 49.7 Å². The number of rotatable bonds is 4. The summed E-state index contributed by atoms with van der Waals surface area (Å²) < 4.78 is 5.40. The summed E-state index contributed by atoms with van der Waals surface area (Å²) in [6, 6.07) is 17.0. The number of amides is 1. The molecule has 156 valence electrons. The van der Waals surface area contributed by atoms with Crippen LogP contribution in [0.2, 0.25) is 0 Å². The van der Waals surface area contributed by atoms with Crippen LogP contribution in [-0.4, -0.2) is 28.9 Å². The van der Waals surface area contributed by atoms with Crippen molar-refractivity contribution in [1.29, 1.82) is 0 Å². The van der Waals surface area contributed by atoms with E-state index in [1.54, 1.807) is 48.7 Å². The molecule has 1 aromatic heterocycles. The number of carbonyl (C=O) groups is 2. The molecule has 1 fully saturated rings. The summed E-state index contributed by atoms with van der Waals surface area (Å²) in [5.74, 6) is -1.35. The number of aliphatic hydroxyl groups excluding tert-OH is 1. The van der Waals surface area contributed by atoms with Crippen molar-refractivity contribution in [1.82, 2.24) is 4.98 Å². The molecule has 1 aliphatic heterocycles. The van der Waals surface area contributed by atoms with Crippen LogP contribution in [0, 0.1) is 13.8 Å². The maximum absolute atomic E-state index is 13.2. The van der Waals surface area contributed by atoms with Crippen molar-refractivity contribution in [3.8, 4) is 5.75 Å². The maximum Gasteiger partial charge on any atom is 0.300 e. The zero-order valence-corrected chi connectivity index (χ0v) is 17.5. The number of hydrogen-bond donors (Lipinski definition) is 1. The lowest BCUT2D eigenvalue weighted by molar-refractivity contribution is -0.132. The predicted molar refractivity (Wildman–Crippen MR) is 118 cm³/mol. The average Bonchev–Trinajstić information content (AvgIpc) is 3.05. The van der Waals surface area contributed by atoms with Crippen molar-refractivity contribution in [2.45, 2.75) is 19.9 Å². The van der Waals surface area contributed by atoms with Crippen LogP contribution >= 0.6 is 0 Å². The minimum absolute atomic E-state index is 0.0177. The summed E-state index contributed by atoms with van der Waals surface area (Å²) in [6.45, 7) is 3.74. The van der Waals surface area contributed by atoms with Crippen LogP contribution in [-0.2, 0) is 9.59 Å². The molecular formula is C25H22N2O4. The first kappa shape index (κ1) is 20.3. The first-order chi connectivity index (χ1) is 14.9. The maximum atomic E-state index is 13.2. The summed E-state index contributed by atoms with van der Waals surface area (Å²) in [4.78, 5) is 32.2. The second-order valence-electron chi connectivity index (χ2n) is 7.41. The van der Waals surface area contributed by atoms with Gasteiger partial charge < -0.3 is 9.84 Å². The van der Waals surface area contributed by atoms with E-state index in [0.717, 1.165) is 11.1 Å². The zero-order chi connectivity index (χ0) is 22.1. The summed E-state index contributed by atoms with van der Waals surface area (Å²) in [7, 11) is 1.49. The number of carbonyl (C=O) groups excluding carboxylic acids is 2. The van der Waals surface area contributed by atoms with Gasteiger partial charge >= 0.3 is 0 Å². The number of methoxy groups -OCH3 is 1. The van der Waals surface area contributed by atoms with Crippen LogP contribution in [0.5, 0.6) is 5.75 Å². The van der Waals surface area contributed by atoms with E-state index in [9.17, 15) is 14.7 Å². The van der Waals surface area contributed by atoms with Crippen LogP contribution in [0.4, 0.5) is 5.69 Å². The number of anilines is 1. The predicted octanol–water partition coefficient (Wildman–Crippen LogP) is 4.33. The van der Waals surface area contributed by atoms with Crippen LogP contribution in [0.25, 0.3) is 5.76 Å². The molecule has 0 spiro atoms. The van der Waals surface area contributed by atoms with Gasteiger partial charge in [-0.1, -0.05) is 35.9 Å². The molecule has 1 atom stereocenters. The number of benzene rings is 2. The van der Waals surface area contributed by atoms with Crippen molar-refractivity contribution in [3.05, 3.63) is 94.8 Å². The van der Waals surface area contributed by atoms with Crippen molar-refractivity contribution in [2.24, 2.45) is 0 Å². The molecular weight excluding hydrogens is 392 g/mol. The zero-order valence-electron chi connectivity index (χ0n) is 17.5. The fourth-order valence-corrected chi connectivity index (χ4v) is 3.88. The number of aliphatic hydroxyl groups is 1. The van der Waals surface area contributed by atoms with E-state index in [1.807, 2.05) is 32.0 Å². The average molecular weight is 414 g/mol. The fraction of sp³-hybridized carbons (Fsp3) is 0.160. The molecule has 1 aliphatic rings. The topological polar surface area (TPSA) is 79.7 Å². The molecule has 1 unspecified atom stereocenters. The van der Waals surface area contributed by atoms with Crippen LogP contribution in [0.15, 0.2) is 72.4 Å². The van der Waals surface area contributed by atoms with Gasteiger partial charge in [0.2, 0.25) is 0 Å². The standard InChI is InChI=1S/C25H22N2O4/c1-15-11-12-20(31-3)17(14-15)23(28)21-22(18-9-6-7-13-26-18)27(25(30)24(21)29)19-10-5-4-8-16(19)2/h4-14,22,28H,1-3H3/b23-21+. The molecule has 4 rings (SSSR count). The van der Waals surface area contributed by atoms with Crippen molar-refractivity contribution >= 4 is 23.1 Å². The molecule has 6 heteroatoms. The van der Waals surface area contributed by atoms with E-state index >= 15 is 0 Å². The monoisotopic (exact) mass is 414 g/mol. The van der Waals surface area contributed by atoms with E-state index < -0.39 is 17.7 Å². The molecule has 1 N–H and O–H groups in total. The van der Waals surface area contributed by atoms with Gasteiger partial charge in [-0.15, -0.1) is 0 Å². The Balaban J connectivity index is 2.00. The third-order valence-electron chi connectivity index (χ3n) is 5.40. The number of nitrogens with zero attached hydrogens (tertiary/aromatic N) is 2. The Morgan fingerprint density at radius 1 is 1.03 bits per heavy atom. The number of ether oxygens (including phenoxy) is 1. The van der Waals surface area contributed by atoms with Gasteiger partial charge in [0.15, 0.2) is 0 Å². The van der Waals surface area contributed by atoms with Gasteiger partial charge in [0.05, 0.1) is 23.9 Å². The van der Waals surface area contributed by atoms with E-state index in [-0.39, 0.29) is 11.3 Å². The molecule has 3 aromatic rings.